The van der Waals surface area contributed by atoms with Gasteiger partial charge in [-0.1, -0.05) is 41.1 Å². The summed E-state index contributed by atoms with van der Waals surface area (Å²) in [6.45, 7) is 3.88. The molecule has 3 heteroatoms. The van der Waals surface area contributed by atoms with Gasteiger partial charge in [-0.25, -0.2) is 0 Å². The largest absolute Gasteiger partial charge is 0.383 e. The summed E-state index contributed by atoms with van der Waals surface area (Å²) in [6, 6.07) is 13.2. The van der Waals surface area contributed by atoms with Crippen LogP contribution in [0.25, 0.3) is 10.8 Å². The first kappa shape index (κ1) is 14.5. The summed E-state index contributed by atoms with van der Waals surface area (Å²) in [5, 5.41) is 6.05. The third-order valence-corrected chi connectivity index (χ3v) is 3.70. The molecule has 19 heavy (non-hydrogen) atoms. The van der Waals surface area contributed by atoms with Crippen molar-refractivity contribution in [1.29, 1.82) is 0 Å². The molecule has 2 rings (SSSR count). The molecule has 102 valence electrons. The van der Waals surface area contributed by atoms with Crippen LogP contribution in [-0.4, -0.2) is 20.3 Å². The highest BCUT2D eigenvalue weighted by Gasteiger charge is 2.10. The Morgan fingerprint density at radius 1 is 1.16 bits per heavy atom. The second-order valence-corrected chi connectivity index (χ2v) is 5.63. The van der Waals surface area contributed by atoms with E-state index in [9.17, 15) is 0 Å². The molecule has 2 aromatic rings. The lowest BCUT2D eigenvalue weighted by molar-refractivity contribution is 0.167. The number of hydrogen-bond acceptors (Lipinski definition) is 2. The summed E-state index contributed by atoms with van der Waals surface area (Å²) in [7, 11) is 1.75. The second kappa shape index (κ2) is 7.04. The molecule has 0 heterocycles. The van der Waals surface area contributed by atoms with Crippen molar-refractivity contribution in [2.24, 2.45) is 0 Å². The van der Waals surface area contributed by atoms with E-state index in [-0.39, 0.29) is 6.04 Å². The molecule has 1 N–H and O–H groups in total. The monoisotopic (exact) mass is 321 g/mol. The molecule has 0 aliphatic carbocycles. The number of fused-ring (bicyclic) bond motifs is 1. The van der Waals surface area contributed by atoms with E-state index in [0.29, 0.717) is 6.61 Å². The maximum absolute atomic E-state index is 5.32. The zero-order valence-electron chi connectivity index (χ0n) is 11.4. The average molecular weight is 322 g/mol. The van der Waals surface area contributed by atoms with E-state index in [1.54, 1.807) is 7.11 Å². The van der Waals surface area contributed by atoms with Crippen molar-refractivity contribution in [3.8, 4) is 0 Å². The van der Waals surface area contributed by atoms with Crippen molar-refractivity contribution >= 4 is 26.7 Å². The van der Waals surface area contributed by atoms with Crippen molar-refractivity contribution in [1.82, 2.24) is 5.32 Å². The second-order valence-electron chi connectivity index (χ2n) is 4.71. The van der Waals surface area contributed by atoms with Gasteiger partial charge < -0.3 is 10.1 Å². The number of methoxy groups -OCH3 is 1. The molecule has 0 amide bonds. The van der Waals surface area contributed by atoms with E-state index in [1.807, 2.05) is 0 Å². The van der Waals surface area contributed by atoms with E-state index >= 15 is 0 Å². The Balaban J connectivity index is 2.29. The summed E-state index contributed by atoms with van der Waals surface area (Å²) in [4.78, 5) is 0. The van der Waals surface area contributed by atoms with Gasteiger partial charge in [0, 0.05) is 11.6 Å². The minimum atomic E-state index is 0.262. The fourth-order valence-corrected chi connectivity index (χ4v) is 2.59. The summed E-state index contributed by atoms with van der Waals surface area (Å²) < 4.78 is 6.43. The topological polar surface area (TPSA) is 21.3 Å². The van der Waals surface area contributed by atoms with Crippen molar-refractivity contribution in [2.45, 2.75) is 19.4 Å². The first-order valence-electron chi connectivity index (χ1n) is 6.66. The molecule has 0 radical (unpaired) electrons. The normalized spacial score (nSPS) is 12.8. The summed E-state index contributed by atoms with van der Waals surface area (Å²) in [5.41, 5.74) is 1.28. The molecule has 0 aliphatic rings. The van der Waals surface area contributed by atoms with Crippen molar-refractivity contribution < 1.29 is 4.74 Å². The third-order valence-electron chi connectivity index (χ3n) is 3.20. The fourth-order valence-electron chi connectivity index (χ4n) is 2.21. The molecule has 2 aromatic carbocycles. The quantitative estimate of drug-likeness (QED) is 0.857. The fraction of sp³-hybridized carbons (Fsp3) is 0.375. The Hall–Kier alpha value is -0.900. The van der Waals surface area contributed by atoms with Gasteiger partial charge in [-0.2, -0.15) is 0 Å². The molecular weight excluding hydrogens is 302 g/mol. The minimum Gasteiger partial charge on any atom is -0.383 e. The van der Waals surface area contributed by atoms with Crippen LogP contribution in [0.2, 0.25) is 0 Å². The van der Waals surface area contributed by atoms with Gasteiger partial charge in [0.1, 0.15) is 0 Å². The van der Waals surface area contributed by atoms with Crippen LogP contribution in [0.1, 0.15) is 24.9 Å². The molecule has 0 aromatic heterocycles. The Kier molecular flexibility index (Phi) is 5.37. The Morgan fingerprint density at radius 2 is 1.89 bits per heavy atom. The maximum atomic E-state index is 5.32. The number of halogens is 1. The van der Waals surface area contributed by atoms with Gasteiger partial charge in [0.05, 0.1) is 12.6 Å². The van der Waals surface area contributed by atoms with Crippen molar-refractivity contribution in [3.63, 3.8) is 0 Å². The summed E-state index contributed by atoms with van der Waals surface area (Å²) in [6.07, 6.45) is 1.13. The van der Waals surface area contributed by atoms with E-state index in [4.69, 9.17) is 4.74 Å². The zero-order valence-corrected chi connectivity index (χ0v) is 13.0. The first-order valence-corrected chi connectivity index (χ1v) is 7.45. The van der Waals surface area contributed by atoms with Crippen LogP contribution >= 0.6 is 15.9 Å². The molecule has 0 bridgehead atoms. The van der Waals surface area contributed by atoms with E-state index in [2.05, 4.69) is 64.6 Å². The van der Waals surface area contributed by atoms with Gasteiger partial charge in [0.2, 0.25) is 0 Å². The number of benzene rings is 2. The molecule has 1 atom stereocenters. The SMILES string of the molecule is CCCNC(COC)c1ccc2cc(Br)ccc2c1. The van der Waals surface area contributed by atoms with Crippen molar-refractivity contribution in [2.75, 3.05) is 20.3 Å². The lowest BCUT2D eigenvalue weighted by Crippen LogP contribution is -2.25. The number of nitrogens with one attached hydrogen (secondary N) is 1. The Labute approximate surface area is 123 Å². The van der Waals surface area contributed by atoms with Crippen LogP contribution < -0.4 is 5.32 Å². The number of rotatable bonds is 6. The van der Waals surface area contributed by atoms with Crippen LogP contribution in [0.15, 0.2) is 40.9 Å². The van der Waals surface area contributed by atoms with Crippen LogP contribution in [0.5, 0.6) is 0 Å². The molecule has 0 fully saturated rings. The van der Waals surface area contributed by atoms with Gasteiger partial charge in [-0.15, -0.1) is 0 Å². The highest BCUT2D eigenvalue weighted by Crippen LogP contribution is 2.23. The zero-order chi connectivity index (χ0) is 13.7. The van der Waals surface area contributed by atoms with E-state index < -0.39 is 0 Å². The average Bonchev–Trinajstić information content (AvgIpc) is 2.43. The number of ether oxygens (including phenoxy) is 1. The summed E-state index contributed by atoms with van der Waals surface area (Å²) in [5.74, 6) is 0. The molecule has 2 nitrogen and oxygen atoms in total. The lowest BCUT2D eigenvalue weighted by Gasteiger charge is -2.18. The van der Waals surface area contributed by atoms with Crippen LogP contribution in [0, 0.1) is 0 Å². The van der Waals surface area contributed by atoms with Crippen LogP contribution in [0.3, 0.4) is 0 Å². The van der Waals surface area contributed by atoms with Crippen LogP contribution in [0.4, 0.5) is 0 Å². The molecular formula is C16H20BrNO. The predicted octanol–water partition coefficient (Wildman–Crippen LogP) is 4.29. The number of hydrogen-bond donors (Lipinski definition) is 1. The van der Waals surface area contributed by atoms with E-state index in [0.717, 1.165) is 17.4 Å². The molecule has 0 saturated carbocycles. The first-order chi connectivity index (χ1) is 9.24. The highest BCUT2D eigenvalue weighted by molar-refractivity contribution is 9.10. The minimum absolute atomic E-state index is 0.262. The molecule has 0 saturated heterocycles. The highest BCUT2D eigenvalue weighted by atomic mass is 79.9. The van der Waals surface area contributed by atoms with Gasteiger partial charge in [0.15, 0.2) is 0 Å². The van der Waals surface area contributed by atoms with Gasteiger partial charge >= 0.3 is 0 Å². The smallest absolute Gasteiger partial charge is 0.0657 e. The Morgan fingerprint density at radius 3 is 2.63 bits per heavy atom. The lowest BCUT2D eigenvalue weighted by atomic mass is 10.0. The van der Waals surface area contributed by atoms with Gasteiger partial charge in [0.25, 0.3) is 0 Å². The predicted molar refractivity (Wildman–Crippen MR) is 84.6 cm³/mol. The van der Waals surface area contributed by atoms with Gasteiger partial charge in [-0.3, -0.25) is 0 Å². The van der Waals surface area contributed by atoms with Crippen molar-refractivity contribution in [3.05, 3.63) is 46.4 Å². The third kappa shape index (κ3) is 3.78. The molecule has 0 aliphatic heterocycles. The van der Waals surface area contributed by atoms with Crippen LogP contribution in [-0.2, 0) is 4.74 Å². The molecule has 1 unspecified atom stereocenters. The summed E-state index contributed by atoms with van der Waals surface area (Å²) >= 11 is 3.51. The van der Waals surface area contributed by atoms with E-state index in [1.165, 1.54) is 16.3 Å². The molecule has 0 spiro atoms. The Bertz CT molecular complexity index is 541. The standard InChI is InChI=1S/C16H20BrNO/c1-3-8-18-16(11-19-2)14-5-4-13-10-15(17)7-6-12(13)9-14/h4-7,9-10,16,18H,3,8,11H2,1-2H3. The van der Waals surface area contributed by atoms with Gasteiger partial charge in [-0.05, 0) is 47.5 Å². The maximum Gasteiger partial charge on any atom is 0.0657 e.